The number of nitrogens with zero attached hydrogens (tertiary/aromatic N) is 4. The molecule has 0 aliphatic heterocycles. The topological polar surface area (TPSA) is 62.5 Å². The molecule has 3 saturated carbocycles. The normalized spacial score (nSPS) is 23.5. The first kappa shape index (κ1) is 33.2. The Balaban J connectivity index is 1.01. The van der Waals surface area contributed by atoms with Gasteiger partial charge in [-0.2, -0.15) is 5.26 Å². The van der Waals surface area contributed by atoms with Crippen molar-refractivity contribution in [3.63, 3.8) is 0 Å². The Bertz CT molecular complexity index is 2390. The fourth-order valence-electron chi connectivity index (χ4n) is 11.5. The standard InChI is InChI=1S/C50H46N4/c1-32-25-35-26-33(2)29-49(28-32,30-35)41-20-17-37(18-21-41)36-13-15-39(16-14-36)47-52-46(38-11-9-34(31-51)10-12-38)53-48(54-47)40-19-22-43-42-7-3-4-8-44(42)50(45(43)27-40)23-5-6-24-50/h3-4,7-22,27,32-33,35H,5-6,23-26,28-30H2,1-2H3/t32-,33+,35-,49?. The van der Waals surface area contributed by atoms with E-state index in [0.29, 0.717) is 28.5 Å². The number of hydrogen-bond donors (Lipinski definition) is 0. The minimum absolute atomic E-state index is 0.0630. The number of nitriles is 1. The van der Waals surface area contributed by atoms with Gasteiger partial charge < -0.3 is 0 Å². The average Bonchev–Trinajstić information content (AvgIpc) is 3.81. The number of benzene rings is 5. The number of hydrogen-bond acceptors (Lipinski definition) is 4. The van der Waals surface area contributed by atoms with Crippen molar-refractivity contribution in [2.75, 3.05) is 0 Å². The summed E-state index contributed by atoms with van der Waals surface area (Å²) in [5.41, 5.74) is 13.4. The van der Waals surface area contributed by atoms with Crippen LogP contribution in [0.3, 0.4) is 0 Å². The van der Waals surface area contributed by atoms with E-state index in [0.717, 1.165) is 34.4 Å². The highest BCUT2D eigenvalue weighted by molar-refractivity contribution is 5.84. The van der Waals surface area contributed by atoms with Crippen LogP contribution in [0.1, 0.15) is 93.9 Å². The summed E-state index contributed by atoms with van der Waals surface area (Å²) in [6.07, 6.45) is 11.6. The van der Waals surface area contributed by atoms with Gasteiger partial charge in [-0.05, 0) is 137 Å². The smallest absolute Gasteiger partial charge is 0.164 e. The zero-order valence-electron chi connectivity index (χ0n) is 31.4. The first-order chi connectivity index (χ1) is 26.4. The highest BCUT2D eigenvalue weighted by Gasteiger charge is 2.46. The molecular weight excluding hydrogens is 657 g/mol. The third-order valence-electron chi connectivity index (χ3n) is 13.5. The van der Waals surface area contributed by atoms with E-state index in [1.807, 2.05) is 24.3 Å². The van der Waals surface area contributed by atoms with Gasteiger partial charge in [0.05, 0.1) is 11.6 Å². The van der Waals surface area contributed by atoms with Crippen LogP contribution in [-0.4, -0.2) is 15.0 Å². The van der Waals surface area contributed by atoms with Crippen LogP contribution in [-0.2, 0) is 10.8 Å². The first-order valence-corrected chi connectivity index (χ1v) is 20.1. The molecular formula is C50H46N4. The van der Waals surface area contributed by atoms with Crippen molar-refractivity contribution in [2.24, 2.45) is 17.8 Å². The summed E-state index contributed by atoms with van der Waals surface area (Å²) in [7, 11) is 0. The van der Waals surface area contributed by atoms with Crippen LogP contribution >= 0.6 is 0 Å². The maximum atomic E-state index is 9.45. The van der Waals surface area contributed by atoms with Crippen LogP contribution in [0.2, 0.25) is 0 Å². The maximum Gasteiger partial charge on any atom is 0.164 e. The molecule has 266 valence electrons. The second-order valence-electron chi connectivity index (χ2n) is 17.2. The van der Waals surface area contributed by atoms with Crippen molar-refractivity contribution in [1.82, 2.24) is 15.0 Å². The van der Waals surface area contributed by atoms with Crippen LogP contribution in [0.5, 0.6) is 0 Å². The third kappa shape index (κ3) is 5.51. The van der Waals surface area contributed by atoms with Crippen molar-refractivity contribution < 1.29 is 0 Å². The fraction of sp³-hybridized carbons (Fsp3) is 0.320. The van der Waals surface area contributed by atoms with Crippen LogP contribution < -0.4 is 0 Å². The molecule has 4 nitrogen and oxygen atoms in total. The molecule has 6 aromatic rings. The summed E-state index contributed by atoms with van der Waals surface area (Å²) in [6.45, 7) is 4.93. The van der Waals surface area contributed by atoms with Gasteiger partial charge >= 0.3 is 0 Å². The molecule has 3 fully saturated rings. The molecule has 0 amide bonds. The summed E-state index contributed by atoms with van der Waals surface area (Å²) in [5, 5.41) is 9.45. The van der Waals surface area contributed by atoms with Crippen LogP contribution in [0.4, 0.5) is 0 Å². The molecule has 5 aromatic carbocycles. The van der Waals surface area contributed by atoms with E-state index in [9.17, 15) is 5.26 Å². The molecule has 2 bridgehead atoms. The largest absolute Gasteiger partial charge is 0.208 e. The van der Waals surface area contributed by atoms with Gasteiger partial charge in [-0.15, -0.1) is 0 Å². The second kappa shape index (κ2) is 12.9. The predicted molar refractivity (Wildman–Crippen MR) is 218 cm³/mol. The molecule has 10 rings (SSSR count). The molecule has 1 spiro atoms. The maximum absolute atomic E-state index is 9.45. The van der Waals surface area contributed by atoms with E-state index in [4.69, 9.17) is 15.0 Å². The molecule has 4 atom stereocenters. The van der Waals surface area contributed by atoms with Gasteiger partial charge in [-0.1, -0.05) is 112 Å². The van der Waals surface area contributed by atoms with E-state index in [2.05, 4.69) is 111 Å². The minimum Gasteiger partial charge on any atom is -0.208 e. The highest BCUT2D eigenvalue weighted by atomic mass is 15.0. The van der Waals surface area contributed by atoms with Gasteiger partial charge in [-0.3, -0.25) is 0 Å². The Morgan fingerprint density at radius 2 is 1.07 bits per heavy atom. The summed E-state index contributed by atoms with van der Waals surface area (Å²) in [6, 6.07) is 43.7. The van der Waals surface area contributed by atoms with Crippen molar-refractivity contribution in [3.8, 4) is 62.5 Å². The molecule has 0 saturated heterocycles. The average molecular weight is 703 g/mol. The summed E-state index contributed by atoms with van der Waals surface area (Å²) >= 11 is 0. The zero-order valence-corrected chi connectivity index (χ0v) is 31.4. The Hall–Kier alpha value is -5.40. The molecule has 54 heavy (non-hydrogen) atoms. The number of fused-ring (bicyclic) bond motifs is 7. The minimum atomic E-state index is 0.0630. The van der Waals surface area contributed by atoms with Crippen LogP contribution in [0.25, 0.3) is 56.4 Å². The van der Waals surface area contributed by atoms with Crippen LogP contribution in [0.15, 0.2) is 115 Å². The Morgan fingerprint density at radius 1 is 0.556 bits per heavy atom. The highest BCUT2D eigenvalue weighted by Crippen LogP contribution is 2.57. The van der Waals surface area contributed by atoms with Crippen molar-refractivity contribution >= 4 is 0 Å². The zero-order chi connectivity index (χ0) is 36.4. The summed E-state index contributed by atoms with van der Waals surface area (Å²) in [5.74, 6) is 4.41. The molecule has 0 radical (unpaired) electrons. The van der Waals surface area contributed by atoms with Crippen LogP contribution in [0, 0.1) is 29.1 Å². The van der Waals surface area contributed by atoms with Crippen molar-refractivity contribution in [3.05, 3.63) is 138 Å². The lowest BCUT2D eigenvalue weighted by molar-refractivity contribution is 0.0780. The van der Waals surface area contributed by atoms with Gasteiger partial charge in [0.1, 0.15) is 0 Å². The van der Waals surface area contributed by atoms with Crippen molar-refractivity contribution in [1.29, 1.82) is 5.26 Å². The van der Waals surface area contributed by atoms with E-state index in [1.54, 1.807) is 0 Å². The van der Waals surface area contributed by atoms with E-state index >= 15 is 0 Å². The van der Waals surface area contributed by atoms with E-state index < -0.39 is 0 Å². The fourth-order valence-corrected chi connectivity index (χ4v) is 11.5. The molecule has 1 unspecified atom stereocenters. The lowest BCUT2D eigenvalue weighted by Crippen LogP contribution is -2.42. The molecule has 0 N–H and O–H groups in total. The summed E-state index contributed by atoms with van der Waals surface area (Å²) in [4.78, 5) is 15.3. The van der Waals surface area contributed by atoms with E-state index in [1.165, 1.54) is 96.7 Å². The number of aromatic nitrogens is 3. The Labute approximate surface area is 319 Å². The van der Waals surface area contributed by atoms with Gasteiger partial charge in [0.2, 0.25) is 0 Å². The van der Waals surface area contributed by atoms with Gasteiger partial charge in [0, 0.05) is 22.1 Å². The third-order valence-corrected chi connectivity index (χ3v) is 13.5. The Kier molecular flexibility index (Phi) is 7.91. The predicted octanol–water partition coefficient (Wildman–Crippen LogP) is 12.4. The Morgan fingerprint density at radius 3 is 1.70 bits per heavy atom. The molecule has 1 aromatic heterocycles. The SMILES string of the molecule is C[C@@H]1C[C@@H]2C[C@H](C)CC(c3ccc(-c4ccc(-c5nc(-c6ccc(C#N)cc6)nc(-c6ccc7c(c6)C6(CCCC6)c6ccccc6-7)n5)cc4)cc3)(C1)C2. The van der Waals surface area contributed by atoms with Gasteiger partial charge in [-0.25, -0.2) is 15.0 Å². The quantitative estimate of drug-likeness (QED) is 0.179. The van der Waals surface area contributed by atoms with Gasteiger partial charge in [0.25, 0.3) is 0 Å². The summed E-state index contributed by atoms with van der Waals surface area (Å²) < 4.78 is 0. The lowest BCUT2D eigenvalue weighted by Gasteiger charge is -2.50. The van der Waals surface area contributed by atoms with Crippen molar-refractivity contribution in [2.45, 2.75) is 82.5 Å². The first-order valence-electron chi connectivity index (χ1n) is 20.1. The molecule has 4 aliphatic rings. The number of rotatable bonds is 5. The lowest BCUT2D eigenvalue weighted by atomic mass is 9.54. The molecule has 4 heteroatoms. The monoisotopic (exact) mass is 702 g/mol. The molecule has 4 aliphatic carbocycles. The van der Waals surface area contributed by atoms with Gasteiger partial charge in [0.15, 0.2) is 17.5 Å². The molecule has 1 heterocycles. The second-order valence-corrected chi connectivity index (χ2v) is 17.2. The van der Waals surface area contributed by atoms with E-state index in [-0.39, 0.29) is 5.41 Å².